The van der Waals surface area contributed by atoms with Crippen molar-refractivity contribution in [3.63, 3.8) is 0 Å². The fourth-order valence-corrected chi connectivity index (χ4v) is 19.0. The van der Waals surface area contributed by atoms with Crippen molar-refractivity contribution in [2.24, 2.45) is 41.1 Å². The lowest BCUT2D eigenvalue weighted by Gasteiger charge is -2.55. The summed E-state index contributed by atoms with van der Waals surface area (Å²) in [6.45, 7) is 6.67. The van der Waals surface area contributed by atoms with E-state index in [1.807, 2.05) is 26.8 Å². The standard InChI is InChI=1S/C61H72F2N10O8/c1-33-26-47(48-29-36-8-6-18-58(36)38-10-12-43-45(27-38)68-51(66-43)60(80-55(64)76,53(74)72(48)58)34-14-22-78-23-15-34)71(40-31-41(62)50(42(63)32-40)70-20-4-3-5-21-70)57(33,2)49-30-37-9-7-19-59(37)39-11-13-44-46(28-39)69-52(67-44)61(81-56(65)77,54(75)73(49)59)35-16-24-79-25-17-35/h10-13,27-28,31-37,47-49H,3-9,14-26,29-30H2,1-2H3,(H2,64,76)(H2,65,77)(H,66,68)(H,67,69)/t33?,36?,37?,47?,48?,49?,57-,58+,59+,60+,61+/m1/s1. The Bertz CT molecular complexity index is 3410. The fourth-order valence-electron chi connectivity index (χ4n) is 19.0. The maximum absolute atomic E-state index is 17.7. The molecule has 0 radical (unpaired) electrons. The van der Waals surface area contributed by atoms with E-state index in [0.29, 0.717) is 125 Å². The molecule has 2 aromatic heterocycles. The molecule has 2 aliphatic carbocycles. The van der Waals surface area contributed by atoms with Crippen LogP contribution in [0, 0.1) is 41.2 Å². The highest BCUT2D eigenvalue weighted by atomic mass is 19.1. The minimum Gasteiger partial charge on any atom is -0.424 e. The first kappa shape index (κ1) is 51.3. The number of hydrogen-bond donors (Lipinski definition) is 4. The Balaban J connectivity index is 0.955. The number of nitrogens with one attached hydrogen (secondary N) is 2. The van der Waals surface area contributed by atoms with Crippen LogP contribution in [0.1, 0.15) is 139 Å². The van der Waals surface area contributed by atoms with Crippen molar-refractivity contribution in [2.75, 3.05) is 49.3 Å². The smallest absolute Gasteiger partial charge is 0.406 e. The summed E-state index contributed by atoms with van der Waals surface area (Å²) in [7, 11) is 0. The minimum atomic E-state index is -2.00. The maximum atomic E-state index is 17.7. The van der Waals surface area contributed by atoms with Crippen LogP contribution in [-0.4, -0.2) is 117 Å². The summed E-state index contributed by atoms with van der Waals surface area (Å²) in [5.74, 6) is -3.44. The van der Waals surface area contributed by atoms with Crippen molar-refractivity contribution in [3.8, 4) is 0 Å². The van der Waals surface area contributed by atoms with Crippen molar-refractivity contribution >= 4 is 57.4 Å². The van der Waals surface area contributed by atoms with E-state index in [9.17, 15) is 9.59 Å². The molecule has 81 heavy (non-hydrogen) atoms. The molecule has 15 rings (SSSR count). The highest BCUT2D eigenvalue weighted by molar-refractivity contribution is 5.94. The van der Waals surface area contributed by atoms with Crippen LogP contribution in [0.4, 0.5) is 29.7 Å². The summed E-state index contributed by atoms with van der Waals surface area (Å²) in [6, 6.07) is 13.4. The fraction of sp³-hybridized carbons (Fsp3) is 0.607. The normalized spacial score (nSPS) is 35.8. The molecule has 4 amide bonds. The highest BCUT2D eigenvalue weighted by Crippen LogP contribution is 2.66. The minimum absolute atomic E-state index is 0.0595. The van der Waals surface area contributed by atoms with E-state index in [1.165, 1.54) is 12.1 Å². The van der Waals surface area contributed by atoms with Crippen LogP contribution in [0.5, 0.6) is 0 Å². The number of aromatic nitrogens is 4. The number of amides is 4. The van der Waals surface area contributed by atoms with Gasteiger partial charge < -0.3 is 60.0 Å². The van der Waals surface area contributed by atoms with Gasteiger partial charge in [-0.3, -0.25) is 9.59 Å². The quantitative estimate of drug-likeness (QED) is 0.114. The molecular weight excluding hydrogens is 1040 g/mol. The van der Waals surface area contributed by atoms with Crippen LogP contribution >= 0.6 is 0 Å². The van der Waals surface area contributed by atoms with Gasteiger partial charge in [-0.2, -0.15) is 0 Å². The molecule has 3 aromatic carbocycles. The van der Waals surface area contributed by atoms with Gasteiger partial charge in [0.05, 0.1) is 56.8 Å². The van der Waals surface area contributed by atoms with Gasteiger partial charge in [-0.1, -0.05) is 31.9 Å². The Morgan fingerprint density at radius 1 is 0.630 bits per heavy atom. The molecule has 6 unspecified atom stereocenters. The number of nitrogens with two attached hydrogens (primary N) is 2. The van der Waals surface area contributed by atoms with Gasteiger partial charge in [0.2, 0.25) is 0 Å². The number of carbonyl (C=O) groups excluding carboxylic acids is 4. The van der Waals surface area contributed by atoms with Crippen LogP contribution < -0.4 is 21.3 Å². The molecular formula is C61H72F2N10O8. The number of halogens is 2. The second-order valence-corrected chi connectivity index (χ2v) is 25.8. The number of benzene rings is 3. The topological polar surface area (TPSA) is 228 Å². The summed E-state index contributed by atoms with van der Waals surface area (Å²) in [4.78, 5) is 86.8. The number of nitrogens with zero attached hydrogens (tertiary/aromatic N) is 6. The second kappa shape index (κ2) is 18.2. The van der Waals surface area contributed by atoms with Crippen molar-refractivity contribution < 1.29 is 46.9 Å². The average molecular weight is 1110 g/mol. The largest absolute Gasteiger partial charge is 0.424 e. The zero-order valence-corrected chi connectivity index (χ0v) is 46.2. The molecule has 10 aliphatic rings. The third kappa shape index (κ3) is 6.88. The Morgan fingerprint density at radius 2 is 1.12 bits per heavy atom. The van der Waals surface area contributed by atoms with Crippen molar-refractivity contribution in [2.45, 2.75) is 163 Å². The van der Waals surface area contributed by atoms with E-state index in [2.05, 4.69) is 53.0 Å². The summed E-state index contributed by atoms with van der Waals surface area (Å²) >= 11 is 0. The zero-order valence-electron chi connectivity index (χ0n) is 46.2. The number of imidazole rings is 2. The SMILES string of the molecule is CC1CC(C2CC3CCC[C@@]34c3ccc5nc([nH]c5c3)[C@@](OC(N)=O)(C3CCOCC3)C(=O)N24)N(c2cc(F)c(N3CCCCC3)c(F)c2)[C@@]1(C)C1CC2CCC[C@@]23c2ccc4nc([nH]c4c2)[C@@](OC(N)=O)(C2CCOCC2)C(=O)N13. The number of fused-ring (bicyclic) bond motifs is 4. The van der Waals surface area contributed by atoms with E-state index in [0.717, 1.165) is 56.1 Å². The van der Waals surface area contributed by atoms with Gasteiger partial charge in [0.1, 0.15) is 5.69 Å². The first-order valence-corrected chi connectivity index (χ1v) is 30.0. The number of anilines is 2. The van der Waals surface area contributed by atoms with Gasteiger partial charge in [0.25, 0.3) is 23.0 Å². The number of primary amides is 2. The summed E-state index contributed by atoms with van der Waals surface area (Å²) in [5, 5.41) is 0. The van der Waals surface area contributed by atoms with E-state index in [4.69, 9.17) is 40.4 Å². The van der Waals surface area contributed by atoms with Gasteiger partial charge in [-0.05, 0) is 162 Å². The monoisotopic (exact) mass is 1110 g/mol. The van der Waals surface area contributed by atoms with Crippen molar-refractivity contribution in [1.82, 2.24) is 29.7 Å². The van der Waals surface area contributed by atoms with Gasteiger partial charge in [0, 0.05) is 57.0 Å². The number of ether oxygens (including phenoxy) is 4. The highest BCUT2D eigenvalue weighted by Gasteiger charge is 2.73. The average Bonchev–Trinajstić information content (AvgIpc) is 2.70. The van der Waals surface area contributed by atoms with Crippen molar-refractivity contribution in [1.29, 1.82) is 0 Å². The number of hydrogen-bond acceptors (Lipinski definition) is 12. The lowest BCUT2D eigenvalue weighted by molar-refractivity contribution is -0.175. The molecule has 6 saturated heterocycles. The molecule has 20 heteroatoms. The summed E-state index contributed by atoms with van der Waals surface area (Å²) in [5.41, 5.74) is 10.2. The molecule has 8 aliphatic heterocycles. The van der Waals surface area contributed by atoms with Crippen LogP contribution in [0.2, 0.25) is 0 Å². The molecule has 6 bridgehead atoms. The Kier molecular flexibility index (Phi) is 11.6. The lowest BCUT2D eigenvalue weighted by Crippen LogP contribution is -2.69. The number of rotatable bonds is 8. The van der Waals surface area contributed by atoms with Gasteiger partial charge >= 0.3 is 12.2 Å². The summed E-state index contributed by atoms with van der Waals surface area (Å²) in [6.07, 6.45) is 7.94. The van der Waals surface area contributed by atoms with Crippen LogP contribution in [0.15, 0.2) is 48.5 Å². The number of aromatic amines is 2. The van der Waals surface area contributed by atoms with Crippen molar-refractivity contribution in [3.05, 3.63) is 82.9 Å². The third-order valence-corrected chi connectivity index (χ3v) is 22.5. The molecule has 11 atom stereocenters. The predicted molar refractivity (Wildman–Crippen MR) is 293 cm³/mol. The van der Waals surface area contributed by atoms with Gasteiger partial charge in [0.15, 0.2) is 23.3 Å². The number of carbonyl (C=O) groups is 4. The third-order valence-electron chi connectivity index (χ3n) is 22.5. The number of H-pyrrole nitrogens is 2. The number of piperidine rings is 1. The molecule has 428 valence electrons. The second-order valence-electron chi connectivity index (χ2n) is 25.8. The molecule has 2 saturated carbocycles. The first-order chi connectivity index (χ1) is 39.1. The van der Waals surface area contributed by atoms with Crippen LogP contribution in [-0.2, 0) is 50.8 Å². The molecule has 10 heterocycles. The van der Waals surface area contributed by atoms with E-state index < -0.39 is 93.4 Å². The van der Waals surface area contributed by atoms with Gasteiger partial charge in [-0.15, -0.1) is 0 Å². The lowest BCUT2D eigenvalue weighted by atomic mass is 9.76. The Hall–Kier alpha value is -6.54. The molecule has 8 fully saturated rings. The van der Waals surface area contributed by atoms with E-state index in [-0.39, 0.29) is 35.1 Å². The molecule has 5 aromatic rings. The molecule has 6 N–H and O–H groups in total. The molecule has 18 nitrogen and oxygen atoms in total. The Morgan fingerprint density at radius 3 is 1.65 bits per heavy atom. The summed E-state index contributed by atoms with van der Waals surface area (Å²) < 4.78 is 60.1. The predicted octanol–water partition coefficient (Wildman–Crippen LogP) is 8.74. The van der Waals surface area contributed by atoms with Gasteiger partial charge in [-0.25, -0.2) is 28.3 Å². The van der Waals surface area contributed by atoms with Crippen LogP contribution in [0.3, 0.4) is 0 Å². The van der Waals surface area contributed by atoms with E-state index in [1.54, 1.807) is 0 Å². The molecule has 2 spiro atoms. The Labute approximate surface area is 468 Å². The zero-order chi connectivity index (χ0) is 55.5. The first-order valence-electron chi connectivity index (χ1n) is 30.0. The van der Waals surface area contributed by atoms with Crippen LogP contribution in [0.25, 0.3) is 22.1 Å². The van der Waals surface area contributed by atoms with E-state index >= 15 is 18.4 Å². The maximum Gasteiger partial charge on any atom is 0.406 e.